The SMILES string of the molecule is O=c1ccccn1Cc1ccncc1Cl. The minimum absolute atomic E-state index is 0.0367. The van der Waals surface area contributed by atoms with Crippen molar-refractivity contribution >= 4 is 11.6 Å². The van der Waals surface area contributed by atoms with Gasteiger partial charge in [-0.1, -0.05) is 17.7 Å². The molecular weight excluding hydrogens is 212 g/mol. The van der Waals surface area contributed by atoms with E-state index in [4.69, 9.17) is 11.6 Å². The van der Waals surface area contributed by atoms with Gasteiger partial charge in [-0.3, -0.25) is 9.78 Å². The summed E-state index contributed by atoms with van der Waals surface area (Å²) >= 11 is 5.95. The van der Waals surface area contributed by atoms with E-state index in [1.807, 2.05) is 12.1 Å². The van der Waals surface area contributed by atoms with Crippen molar-refractivity contribution in [2.45, 2.75) is 6.54 Å². The molecule has 2 aromatic heterocycles. The van der Waals surface area contributed by atoms with E-state index in [1.165, 1.54) is 6.07 Å². The van der Waals surface area contributed by atoms with Crippen molar-refractivity contribution < 1.29 is 0 Å². The number of halogens is 1. The Morgan fingerprint density at radius 2 is 2.20 bits per heavy atom. The van der Waals surface area contributed by atoms with E-state index in [2.05, 4.69) is 4.98 Å². The lowest BCUT2D eigenvalue weighted by Gasteiger charge is -2.05. The highest BCUT2D eigenvalue weighted by molar-refractivity contribution is 6.31. The Bertz CT molecular complexity index is 522. The van der Waals surface area contributed by atoms with Crippen LogP contribution in [0.1, 0.15) is 5.56 Å². The quantitative estimate of drug-likeness (QED) is 0.776. The molecule has 0 saturated heterocycles. The Morgan fingerprint density at radius 3 is 2.93 bits per heavy atom. The van der Waals surface area contributed by atoms with Crippen LogP contribution in [0.3, 0.4) is 0 Å². The smallest absolute Gasteiger partial charge is 0.250 e. The van der Waals surface area contributed by atoms with Crippen molar-refractivity contribution in [3.05, 3.63) is 63.8 Å². The van der Waals surface area contributed by atoms with Gasteiger partial charge in [0, 0.05) is 24.7 Å². The van der Waals surface area contributed by atoms with Gasteiger partial charge in [0.1, 0.15) is 0 Å². The first-order valence-electron chi connectivity index (χ1n) is 4.51. The molecule has 0 aliphatic carbocycles. The Labute approximate surface area is 92.0 Å². The fourth-order valence-corrected chi connectivity index (χ4v) is 1.49. The van der Waals surface area contributed by atoms with E-state index in [9.17, 15) is 4.79 Å². The van der Waals surface area contributed by atoms with E-state index in [0.717, 1.165) is 5.56 Å². The average molecular weight is 221 g/mol. The van der Waals surface area contributed by atoms with Gasteiger partial charge >= 0.3 is 0 Å². The van der Waals surface area contributed by atoms with Gasteiger partial charge in [0.25, 0.3) is 5.56 Å². The monoisotopic (exact) mass is 220 g/mol. The lowest BCUT2D eigenvalue weighted by Crippen LogP contribution is -2.18. The third-order valence-electron chi connectivity index (χ3n) is 2.10. The molecular formula is C11H9ClN2O. The Kier molecular flexibility index (Phi) is 2.83. The zero-order chi connectivity index (χ0) is 10.7. The number of nitrogens with zero attached hydrogens (tertiary/aromatic N) is 2. The lowest BCUT2D eigenvalue weighted by molar-refractivity contribution is 0.758. The molecule has 0 fully saturated rings. The summed E-state index contributed by atoms with van der Waals surface area (Å²) in [5.74, 6) is 0. The maximum absolute atomic E-state index is 11.4. The van der Waals surface area contributed by atoms with Gasteiger partial charge in [-0.2, -0.15) is 0 Å². The van der Waals surface area contributed by atoms with Crippen LogP contribution < -0.4 is 5.56 Å². The third-order valence-corrected chi connectivity index (χ3v) is 2.44. The van der Waals surface area contributed by atoms with Crippen molar-refractivity contribution in [1.29, 1.82) is 0 Å². The van der Waals surface area contributed by atoms with Gasteiger partial charge in [0.2, 0.25) is 0 Å². The standard InChI is InChI=1S/C11H9ClN2O/c12-10-7-13-5-4-9(10)8-14-6-2-1-3-11(14)15/h1-7H,8H2. The van der Waals surface area contributed by atoms with E-state index in [-0.39, 0.29) is 5.56 Å². The zero-order valence-electron chi connectivity index (χ0n) is 7.93. The molecule has 2 heterocycles. The van der Waals surface area contributed by atoms with Gasteiger partial charge in [0.15, 0.2) is 0 Å². The molecule has 0 spiro atoms. The Hall–Kier alpha value is -1.61. The number of hydrogen-bond donors (Lipinski definition) is 0. The lowest BCUT2D eigenvalue weighted by atomic mass is 10.2. The molecule has 0 N–H and O–H groups in total. The Balaban J connectivity index is 2.34. The van der Waals surface area contributed by atoms with E-state index in [0.29, 0.717) is 11.6 Å². The molecule has 2 aromatic rings. The fraction of sp³-hybridized carbons (Fsp3) is 0.0909. The molecule has 0 unspecified atom stereocenters. The largest absolute Gasteiger partial charge is 0.311 e. The second kappa shape index (κ2) is 4.28. The normalized spacial score (nSPS) is 10.2. The molecule has 0 aliphatic rings. The molecule has 76 valence electrons. The second-order valence-electron chi connectivity index (χ2n) is 3.13. The van der Waals surface area contributed by atoms with Crippen molar-refractivity contribution in [2.24, 2.45) is 0 Å². The van der Waals surface area contributed by atoms with Crippen LogP contribution >= 0.6 is 11.6 Å². The van der Waals surface area contributed by atoms with Crippen LogP contribution in [-0.4, -0.2) is 9.55 Å². The van der Waals surface area contributed by atoms with Gasteiger partial charge in [-0.05, 0) is 17.7 Å². The highest BCUT2D eigenvalue weighted by Gasteiger charge is 2.01. The number of aromatic nitrogens is 2. The zero-order valence-corrected chi connectivity index (χ0v) is 8.69. The minimum atomic E-state index is -0.0367. The van der Waals surface area contributed by atoms with Gasteiger partial charge in [0.05, 0.1) is 11.6 Å². The topological polar surface area (TPSA) is 34.9 Å². The minimum Gasteiger partial charge on any atom is -0.311 e. The van der Waals surface area contributed by atoms with Crippen LogP contribution in [0.15, 0.2) is 47.7 Å². The number of hydrogen-bond acceptors (Lipinski definition) is 2. The molecule has 0 saturated carbocycles. The maximum Gasteiger partial charge on any atom is 0.250 e. The molecule has 0 radical (unpaired) electrons. The first kappa shape index (κ1) is 9.93. The maximum atomic E-state index is 11.4. The summed E-state index contributed by atoms with van der Waals surface area (Å²) < 4.78 is 1.60. The summed E-state index contributed by atoms with van der Waals surface area (Å²) in [6.45, 7) is 0.473. The first-order chi connectivity index (χ1) is 7.27. The van der Waals surface area contributed by atoms with Gasteiger partial charge in [-0.15, -0.1) is 0 Å². The molecule has 15 heavy (non-hydrogen) atoms. The number of rotatable bonds is 2. The fourth-order valence-electron chi connectivity index (χ4n) is 1.31. The molecule has 0 bridgehead atoms. The first-order valence-corrected chi connectivity index (χ1v) is 4.89. The molecule has 3 nitrogen and oxygen atoms in total. The molecule has 4 heteroatoms. The third kappa shape index (κ3) is 2.25. The molecule has 2 rings (SSSR count). The predicted molar refractivity (Wildman–Crippen MR) is 59.1 cm³/mol. The summed E-state index contributed by atoms with van der Waals surface area (Å²) in [6, 6.07) is 6.86. The van der Waals surface area contributed by atoms with Crippen LogP contribution in [0.2, 0.25) is 5.02 Å². The predicted octanol–water partition coefficient (Wildman–Crippen LogP) is 1.95. The average Bonchev–Trinajstić information content (AvgIpc) is 2.24. The van der Waals surface area contributed by atoms with Crippen LogP contribution in [-0.2, 0) is 6.54 Å². The molecule has 0 aromatic carbocycles. The van der Waals surface area contributed by atoms with Crippen molar-refractivity contribution in [3.8, 4) is 0 Å². The van der Waals surface area contributed by atoms with E-state index in [1.54, 1.807) is 29.2 Å². The van der Waals surface area contributed by atoms with Crippen LogP contribution in [0, 0.1) is 0 Å². The van der Waals surface area contributed by atoms with Crippen molar-refractivity contribution in [1.82, 2.24) is 9.55 Å². The molecule has 0 atom stereocenters. The summed E-state index contributed by atoms with van der Waals surface area (Å²) in [4.78, 5) is 15.3. The Morgan fingerprint density at radius 1 is 1.33 bits per heavy atom. The summed E-state index contributed by atoms with van der Waals surface area (Å²) in [6.07, 6.45) is 4.97. The van der Waals surface area contributed by atoms with Crippen molar-refractivity contribution in [2.75, 3.05) is 0 Å². The van der Waals surface area contributed by atoms with Gasteiger partial charge < -0.3 is 4.57 Å². The molecule has 0 aliphatic heterocycles. The van der Waals surface area contributed by atoms with Crippen LogP contribution in [0.4, 0.5) is 0 Å². The highest BCUT2D eigenvalue weighted by Crippen LogP contribution is 2.13. The highest BCUT2D eigenvalue weighted by atomic mass is 35.5. The number of pyridine rings is 2. The summed E-state index contributed by atoms with van der Waals surface area (Å²) in [5, 5.41) is 0.577. The van der Waals surface area contributed by atoms with Crippen molar-refractivity contribution in [3.63, 3.8) is 0 Å². The molecule has 0 amide bonds. The van der Waals surface area contributed by atoms with E-state index < -0.39 is 0 Å². The van der Waals surface area contributed by atoms with E-state index >= 15 is 0 Å². The summed E-state index contributed by atoms with van der Waals surface area (Å²) in [5.41, 5.74) is 0.852. The second-order valence-corrected chi connectivity index (χ2v) is 3.54. The summed E-state index contributed by atoms with van der Waals surface area (Å²) in [7, 11) is 0. The van der Waals surface area contributed by atoms with Gasteiger partial charge in [-0.25, -0.2) is 0 Å². The van der Waals surface area contributed by atoms with Crippen LogP contribution in [0.25, 0.3) is 0 Å². The van der Waals surface area contributed by atoms with Crippen LogP contribution in [0.5, 0.6) is 0 Å².